The number of ether oxygens (including phenoxy) is 2. The lowest BCUT2D eigenvalue weighted by Crippen LogP contribution is -2.40. The van der Waals surface area contributed by atoms with Gasteiger partial charge in [0.25, 0.3) is 5.69 Å². The zero-order valence-electron chi connectivity index (χ0n) is 16.4. The summed E-state index contributed by atoms with van der Waals surface area (Å²) in [5, 5.41) is 24.0. The molecule has 0 aliphatic heterocycles. The molecule has 9 heteroatoms. The quantitative estimate of drug-likeness (QED) is 0.403. The monoisotopic (exact) mass is 412 g/mol. The zero-order valence-corrected chi connectivity index (χ0v) is 16.4. The number of rotatable bonds is 9. The number of non-ortho nitro benzene ring substituents is 1. The second-order valence-corrected chi connectivity index (χ2v) is 6.73. The molecule has 0 saturated carbocycles. The number of nitro benzene ring substituents is 1. The van der Waals surface area contributed by atoms with Gasteiger partial charge in [0.05, 0.1) is 4.92 Å². The van der Waals surface area contributed by atoms with Crippen molar-refractivity contribution in [3.8, 4) is 22.8 Å². The molecule has 1 atom stereocenters. The number of carboxylic acids is 1. The van der Waals surface area contributed by atoms with Crippen LogP contribution in [0.3, 0.4) is 0 Å². The van der Waals surface area contributed by atoms with E-state index in [0.29, 0.717) is 34.9 Å². The van der Waals surface area contributed by atoms with Crippen LogP contribution in [0.4, 0.5) is 5.69 Å². The average Bonchev–Trinajstić information content (AvgIpc) is 3.22. The smallest absolute Gasteiger partial charge is 0.347 e. The largest absolute Gasteiger partial charge is 0.486 e. The summed E-state index contributed by atoms with van der Waals surface area (Å²) in [5.74, 6) is 0.422. The maximum atomic E-state index is 11.3. The fourth-order valence-electron chi connectivity index (χ4n) is 2.56. The van der Waals surface area contributed by atoms with Gasteiger partial charge in [0, 0.05) is 23.8 Å². The molecule has 9 nitrogen and oxygen atoms in total. The fraction of sp³-hybridized carbons (Fsp3) is 0.238. The Morgan fingerprint density at radius 3 is 2.37 bits per heavy atom. The van der Waals surface area contributed by atoms with Crippen LogP contribution in [0.1, 0.15) is 26.0 Å². The standard InChI is InChI=1S/C21H20N2O7/c1-3-21(2,20(24)25)29-17-10-8-16(9-11-17)28-13-18-12-19(22-30-18)14-4-6-15(7-5-14)23(26)27/h4-12H,3,13H2,1-2H3,(H,24,25). The van der Waals surface area contributed by atoms with Crippen molar-refractivity contribution in [2.24, 2.45) is 0 Å². The number of aliphatic carboxylic acids is 1. The normalized spacial score (nSPS) is 12.7. The molecule has 0 aliphatic rings. The molecule has 3 rings (SSSR count). The topological polar surface area (TPSA) is 125 Å². The first-order valence-electron chi connectivity index (χ1n) is 9.16. The average molecular weight is 412 g/mol. The first kappa shape index (κ1) is 20.8. The first-order chi connectivity index (χ1) is 14.3. The van der Waals surface area contributed by atoms with Gasteiger partial charge in [-0.05, 0) is 49.7 Å². The lowest BCUT2D eigenvalue weighted by atomic mass is 10.0. The molecule has 0 bridgehead atoms. The van der Waals surface area contributed by atoms with Crippen LogP contribution in [0.15, 0.2) is 59.1 Å². The summed E-state index contributed by atoms with van der Waals surface area (Å²) < 4.78 is 16.5. The Morgan fingerprint density at radius 2 is 1.80 bits per heavy atom. The molecule has 0 fully saturated rings. The Balaban J connectivity index is 1.60. The van der Waals surface area contributed by atoms with Crippen molar-refractivity contribution in [3.05, 3.63) is 70.5 Å². The summed E-state index contributed by atoms with van der Waals surface area (Å²) in [7, 11) is 0. The van der Waals surface area contributed by atoms with Gasteiger partial charge in [-0.3, -0.25) is 10.1 Å². The predicted molar refractivity (Wildman–Crippen MR) is 106 cm³/mol. The van der Waals surface area contributed by atoms with Gasteiger partial charge in [-0.1, -0.05) is 12.1 Å². The molecular formula is C21H20N2O7. The van der Waals surface area contributed by atoms with E-state index >= 15 is 0 Å². The maximum Gasteiger partial charge on any atom is 0.347 e. The highest BCUT2D eigenvalue weighted by Crippen LogP contribution is 2.26. The molecule has 1 N–H and O–H groups in total. The molecule has 2 aromatic carbocycles. The van der Waals surface area contributed by atoms with Crippen LogP contribution in [0.5, 0.6) is 11.5 Å². The third-order valence-corrected chi connectivity index (χ3v) is 4.61. The van der Waals surface area contributed by atoms with Crippen molar-refractivity contribution < 1.29 is 28.8 Å². The van der Waals surface area contributed by atoms with Crippen molar-refractivity contribution >= 4 is 11.7 Å². The van der Waals surface area contributed by atoms with Crippen LogP contribution in [-0.2, 0) is 11.4 Å². The van der Waals surface area contributed by atoms with Crippen LogP contribution < -0.4 is 9.47 Å². The van der Waals surface area contributed by atoms with E-state index in [1.165, 1.54) is 19.1 Å². The summed E-state index contributed by atoms with van der Waals surface area (Å²) in [6.07, 6.45) is 0.323. The van der Waals surface area contributed by atoms with Gasteiger partial charge in [0.15, 0.2) is 5.76 Å². The molecular weight excluding hydrogens is 392 g/mol. The molecule has 0 amide bonds. The van der Waals surface area contributed by atoms with Crippen LogP contribution in [0.2, 0.25) is 0 Å². The van der Waals surface area contributed by atoms with Crippen LogP contribution in [0, 0.1) is 10.1 Å². The third-order valence-electron chi connectivity index (χ3n) is 4.61. The van der Waals surface area contributed by atoms with Crippen molar-refractivity contribution in [1.29, 1.82) is 0 Å². The highest BCUT2D eigenvalue weighted by atomic mass is 16.6. The number of aromatic nitrogens is 1. The number of hydrogen-bond donors (Lipinski definition) is 1. The number of carboxylic acid groups (broad SMARTS) is 1. The highest BCUT2D eigenvalue weighted by molar-refractivity contribution is 5.77. The second kappa shape index (κ2) is 8.64. The van der Waals surface area contributed by atoms with E-state index in [-0.39, 0.29) is 12.3 Å². The van der Waals surface area contributed by atoms with Crippen LogP contribution >= 0.6 is 0 Å². The molecule has 156 valence electrons. The molecule has 30 heavy (non-hydrogen) atoms. The minimum absolute atomic E-state index is 0.000772. The van der Waals surface area contributed by atoms with Crippen LogP contribution in [-0.4, -0.2) is 26.8 Å². The summed E-state index contributed by atoms with van der Waals surface area (Å²) in [6, 6.07) is 14.3. The molecule has 3 aromatic rings. The lowest BCUT2D eigenvalue weighted by Gasteiger charge is -2.24. The number of benzene rings is 2. The van der Waals surface area contributed by atoms with Gasteiger partial charge in [0.2, 0.25) is 5.60 Å². The van der Waals surface area contributed by atoms with E-state index in [1.807, 2.05) is 0 Å². The maximum absolute atomic E-state index is 11.3. The first-order valence-corrected chi connectivity index (χ1v) is 9.16. The number of hydrogen-bond acceptors (Lipinski definition) is 7. The van der Waals surface area contributed by atoms with Gasteiger partial charge in [-0.15, -0.1) is 0 Å². The molecule has 0 saturated heterocycles. The predicted octanol–water partition coefficient (Wildman–Crippen LogP) is 4.46. The van der Waals surface area contributed by atoms with Gasteiger partial charge in [-0.25, -0.2) is 4.79 Å². The number of nitro groups is 1. The van der Waals surface area contributed by atoms with E-state index in [2.05, 4.69) is 5.16 Å². The minimum Gasteiger partial charge on any atom is -0.486 e. The second-order valence-electron chi connectivity index (χ2n) is 6.73. The molecule has 0 radical (unpaired) electrons. The summed E-state index contributed by atoms with van der Waals surface area (Å²) in [6.45, 7) is 3.39. The van der Waals surface area contributed by atoms with Crippen molar-refractivity contribution in [2.75, 3.05) is 0 Å². The molecule has 0 aliphatic carbocycles. The number of carbonyl (C=O) groups is 1. The lowest BCUT2D eigenvalue weighted by molar-refractivity contribution is -0.384. The Kier molecular flexibility index (Phi) is 6.01. The molecule has 1 unspecified atom stereocenters. The van der Waals surface area contributed by atoms with Gasteiger partial charge in [0.1, 0.15) is 23.8 Å². The summed E-state index contributed by atoms with van der Waals surface area (Å²) in [5.41, 5.74) is -0.0636. The molecule has 1 aromatic heterocycles. The SMILES string of the molecule is CCC(C)(Oc1ccc(OCc2cc(-c3ccc([N+](=O)[O-])cc3)no2)cc1)C(=O)O. The summed E-state index contributed by atoms with van der Waals surface area (Å²) in [4.78, 5) is 21.6. The summed E-state index contributed by atoms with van der Waals surface area (Å²) >= 11 is 0. The molecule has 0 spiro atoms. The van der Waals surface area contributed by atoms with Gasteiger partial charge >= 0.3 is 5.97 Å². The number of nitrogens with zero attached hydrogens (tertiary/aromatic N) is 2. The van der Waals surface area contributed by atoms with Crippen LogP contribution in [0.25, 0.3) is 11.3 Å². The molecule has 1 heterocycles. The van der Waals surface area contributed by atoms with E-state index in [1.54, 1.807) is 49.4 Å². The van der Waals surface area contributed by atoms with E-state index in [4.69, 9.17) is 14.0 Å². The van der Waals surface area contributed by atoms with E-state index in [0.717, 1.165) is 0 Å². The van der Waals surface area contributed by atoms with E-state index < -0.39 is 16.5 Å². The van der Waals surface area contributed by atoms with Gasteiger partial charge < -0.3 is 19.1 Å². The fourth-order valence-corrected chi connectivity index (χ4v) is 2.56. The Morgan fingerprint density at radius 1 is 1.17 bits per heavy atom. The zero-order chi connectivity index (χ0) is 21.7. The van der Waals surface area contributed by atoms with Crippen molar-refractivity contribution in [3.63, 3.8) is 0 Å². The minimum atomic E-state index is -1.30. The Labute approximate surface area is 172 Å². The highest BCUT2D eigenvalue weighted by Gasteiger charge is 2.33. The Hall–Kier alpha value is -3.88. The Bertz CT molecular complexity index is 1030. The van der Waals surface area contributed by atoms with Crippen molar-refractivity contribution in [1.82, 2.24) is 5.16 Å². The third kappa shape index (κ3) is 4.75. The van der Waals surface area contributed by atoms with Crippen molar-refractivity contribution in [2.45, 2.75) is 32.5 Å². The van der Waals surface area contributed by atoms with Gasteiger partial charge in [-0.2, -0.15) is 0 Å². The van der Waals surface area contributed by atoms with E-state index in [9.17, 15) is 20.0 Å².